The second-order valence-electron chi connectivity index (χ2n) is 4.15. The zero-order valence-corrected chi connectivity index (χ0v) is 12.8. The van der Waals surface area contributed by atoms with Gasteiger partial charge in [-0.2, -0.15) is 0 Å². The number of anilines is 2. The van der Waals surface area contributed by atoms with E-state index in [-0.39, 0.29) is 16.9 Å². The number of rotatable bonds is 3. The molecule has 0 aliphatic heterocycles. The lowest BCUT2D eigenvalue weighted by molar-refractivity contribution is -0.384. The van der Waals surface area contributed by atoms with Gasteiger partial charge in [0, 0.05) is 26.8 Å². The number of nitrogen functional groups attached to an aromatic ring is 1. The molecule has 0 saturated heterocycles. The minimum absolute atomic E-state index is 0.0896. The predicted molar refractivity (Wildman–Crippen MR) is 84.6 cm³/mol. The van der Waals surface area contributed by atoms with Crippen LogP contribution in [0.5, 0.6) is 0 Å². The molecular weight excluding hydrogens is 362 g/mol. The van der Waals surface area contributed by atoms with E-state index in [0.717, 1.165) is 0 Å². The molecule has 0 radical (unpaired) electrons. The second kappa shape index (κ2) is 6.11. The van der Waals surface area contributed by atoms with E-state index in [2.05, 4.69) is 21.2 Å². The highest BCUT2D eigenvalue weighted by molar-refractivity contribution is 9.10. The predicted octanol–water partition coefficient (Wildman–Crippen LogP) is 3.85. The SMILES string of the molecule is Nc1cc(Cl)cc(C(=O)Nc2ccc(Br)cc2[N+](=O)[O-])c1. The minimum Gasteiger partial charge on any atom is -0.399 e. The molecule has 0 atom stereocenters. The number of nitrogens with two attached hydrogens (primary N) is 1. The fourth-order valence-electron chi connectivity index (χ4n) is 1.70. The van der Waals surface area contributed by atoms with Crippen molar-refractivity contribution in [1.82, 2.24) is 0 Å². The fourth-order valence-corrected chi connectivity index (χ4v) is 2.29. The van der Waals surface area contributed by atoms with Crippen LogP contribution in [0.1, 0.15) is 10.4 Å². The van der Waals surface area contributed by atoms with Crippen LogP contribution < -0.4 is 11.1 Å². The first kappa shape index (κ1) is 15.3. The summed E-state index contributed by atoms with van der Waals surface area (Å²) < 4.78 is 0.541. The van der Waals surface area contributed by atoms with E-state index < -0.39 is 10.8 Å². The first-order valence-corrected chi connectivity index (χ1v) is 6.85. The van der Waals surface area contributed by atoms with Gasteiger partial charge in [-0.3, -0.25) is 14.9 Å². The summed E-state index contributed by atoms with van der Waals surface area (Å²) in [5.41, 5.74) is 6.04. The van der Waals surface area contributed by atoms with Crippen molar-refractivity contribution in [1.29, 1.82) is 0 Å². The molecule has 1 amide bonds. The van der Waals surface area contributed by atoms with Gasteiger partial charge in [0.1, 0.15) is 5.69 Å². The van der Waals surface area contributed by atoms with Crippen LogP contribution in [0, 0.1) is 10.1 Å². The molecule has 2 aromatic carbocycles. The average molecular weight is 371 g/mol. The van der Waals surface area contributed by atoms with Crippen molar-refractivity contribution in [3.8, 4) is 0 Å². The van der Waals surface area contributed by atoms with E-state index in [4.69, 9.17) is 17.3 Å². The van der Waals surface area contributed by atoms with Crippen molar-refractivity contribution in [2.45, 2.75) is 0 Å². The minimum atomic E-state index is -0.577. The number of hydrogen-bond donors (Lipinski definition) is 2. The molecular formula is C13H9BrClN3O3. The molecule has 0 aliphatic rings. The molecule has 108 valence electrons. The molecule has 0 unspecified atom stereocenters. The smallest absolute Gasteiger partial charge is 0.293 e. The Kier molecular flexibility index (Phi) is 4.44. The Hall–Kier alpha value is -2.12. The van der Waals surface area contributed by atoms with Crippen molar-refractivity contribution in [2.75, 3.05) is 11.1 Å². The topological polar surface area (TPSA) is 98.3 Å². The van der Waals surface area contributed by atoms with Crippen molar-refractivity contribution >= 4 is 50.5 Å². The summed E-state index contributed by atoms with van der Waals surface area (Å²) in [4.78, 5) is 22.5. The number of halogens is 2. The third kappa shape index (κ3) is 3.71. The third-order valence-corrected chi connectivity index (χ3v) is 3.30. The zero-order chi connectivity index (χ0) is 15.6. The fraction of sp³-hybridized carbons (Fsp3) is 0. The molecule has 0 fully saturated rings. The van der Waals surface area contributed by atoms with Crippen LogP contribution in [0.15, 0.2) is 40.9 Å². The Morgan fingerprint density at radius 3 is 2.62 bits per heavy atom. The third-order valence-electron chi connectivity index (χ3n) is 2.59. The van der Waals surface area contributed by atoms with Gasteiger partial charge in [0.25, 0.3) is 11.6 Å². The Morgan fingerprint density at radius 1 is 1.29 bits per heavy atom. The van der Waals surface area contributed by atoms with Gasteiger partial charge in [0.05, 0.1) is 4.92 Å². The van der Waals surface area contributed by atoms with Crippen molar-refractivity contribution in [3.05, 3.63) is 61.6 Å². The van der Waals surface area contributed by atoms with E-state index >= 15 is 0 Å². The number of nitro groups is 1. The highest BCUT2D eigenvalue weighted by atomic mass is 79.9. The van der Waals surface area contributed by atoms with Gasteiger partial charge in [-0.25, -0.2) is 0 Å². The van der Waals surface area contributed by atoms with Crippen molar-refractivity contribution in [2.24, 2.45) is 0 Å². The Bertz CT molecular complexity index is 716. The summed E-state index contributed by atoms with van der Waals surface area (Å²) in [5, 5.41) is 13.8. The maximum Gasteiger partial charge on any atom is 0.293 e. The van der Waals surface area contributed by atoms with E-state index in [0.29, 0.717) is 15.2 Å². The molecule has 0 saturated carbocycles. The summed E-state index contributed by atoms with van der Waals surface area (Å²) in [6.45, 7) is 0. The van der Waals surface area contributed by atoms with Crippen LogP contribution >= 0.6 is 27.5 Å². The maximum absolute atomic E-state index is 12.1. The van der Waals surface area contributed by atoms with Gasteiger partial charge < -0.3 is 11.1 Å². The first-order valence-electron chi connectivity index (χ1n) is 5.68. The van der Waals surface area contributed by atoms with E-state index in [1.807, 2.05) is 0 Å². The molecule has 6 nitrogen and oxygen atoms in total. The summed E-state index contributed by atoms with van der Waals surface area (Å²) in [6.07, 6.45) is 0. The molecule has 0 spiro atoms. The molecule has 0 aliphatic carbocycles. The number of carbonyl (C=O) groups excluding carboxylic acids is 1. The second-order valence-corrected chi connectivity index (χ2v) is 5.50. The maximum atomic E-state index is 12.1. The summed E-state index contributed by atoms with van der Waals surface area (Å²) in [5.74, 6) is -0.533. The molecule has 2 aromatic rings. The number of benzene rings is 2. The highest BCUT2D eigenvalue weighted by Crippen LogP contribution is 2.28. The van der Waals surface area contributed by atoms with Crippen LogP contribution in [0.2, 0.25) is 5.02 Å². The zero-order valence-electron chi connectivity index (χ0n) is 10.5. The first-order chi connectivity index (χ1) is 9.86. The normalized spacial score (nSPS) is 10.2. The van der Waals surface area contributed by atoms with Crippen molar-refractivity contribution < 1.29 is 9.72 Å². The summed E-state index contributed by atoms with van der Waals surface area (Å²) in [7, 11) is 0. The van der Waals surface area contributed by atoms with Crippen LogP contribution in [-0.4, -0.2) is 10.8 Å². The van der Waals surface area contributed by atoms with E-state index in [1.165, 1.54) is 30.3 Å². The summed E-state index contributed by atoms with van der Waals surface area (Å²) in [6, 6.07) is 8.70. The lowest BCUT2D eigenvalue weighted by atomic mass is 10.2. The largest absolute Gasteiger partial charge is 0.399 e. The van der Waals surface area contributed by atoms with Gasteiger partial charge in [0.2, 0.25) is 0 Å². The van der Waals surface area contributed by atoms with Gasteiger partial charge >= 0.3 is 0 Å². The molecule has 8 heteroatoms. The molecule has 0 heterocycles. The lowest BCUT2D eigenvalue weighted by Gasteiger charge is -2.07. The standard InChI is InChI=1S/C13H9BrClN3O3/c14-8-1-2-11(12(5-8)18(20)21)17-13(19)7-3-9(15)6-10(16)4-7/h1-6H,16H2,(H,17,19). The van der Waals surface area contributed by atoms with Gasteiger partial charge in [-0.1, -0.05) is 27.5 Å². The molecule has 3 N–H and O–H groups in total. The van der Waals surface area contributed by atoms with Crippen molar-refractivity contribution in [3.63, 3.8) is 0 Å². The summed E-state index contributed by atoms with van der Waals surface area (Å²) >= 11 is 8.97. The lowest BCUT2D eigenvalue weighted by Crippen LogP contribution is -2.13. The average Bonchev–Trinajstić information content (AvgIpc) is 2.39. The molecule has 0 aromatic heterocycles. The quantitative estimate of drug-likeness (QED) is 0.487. The number of nitrogens with one attached hydrogen (secondary N) is 1. The Labute approximate surface area is 133 Å². The van der Waals surface area contributed by atoms with Gasteiger partial charge in [0.15, 0.2) is 0 Å². The molecule has 2 rings (SSSR count). The Balaban J connectivity index is 2.33. The van der Waals surface area contributed by atoms with E-state index in [1.54, 1.807) is 6.07 Å². The number of hydrogen-bond acceptors (Lipinski definition) is 4. The number of amides is 1. The molecule has 0 bridgehead atoms. The van der Waals surface area contributed by atoms with Crippen LogP contribution in [-0.2, 0) is 0 Å². The number of carbonyl (C=O) groups is 1. The molecule has 21 heavy (non-hydrogen) atoms. The number of nitro benzene ring substituents is 1. The van der Waals surface area contributed by atoms with Crippen LogP contribution in [0.3, 0.4) is 0 Å². The van der Waals surface area contributed by atoms with Crippen LogP contribution in [0.25, 0.3) is 0 Å². The number of nitrogens with zero attached hydrogens (tertiary/aromatic N) is 1. The van der Waals surface area contributed by atoms with Crippen LogP contribution in [0.4, 0.5) is 17.1 Å². The van der Waals surface area contributed by atoms with Gasteiger partial charge in [-0.15, -0.1) is 0 Å². The highest BCUT2D eigenvalue weighted by Gasteiger charge is 2.17. The van der Waals surface area contributed by atoms with E-state index in [9.17, 15) is 14.9 Å². The van der Waals surface area contributed by atoms with Gasteiger partial charge in [-0.05, 0) is 30.3 Å². The monoisotopic (exact) mass is 369 g/mol. The Morgan fingerprint density at radius 2 is 2.00 bits per heavy atom.